The number of rotatable bonds is 5. The molecule has 0 aliphatic carbocycles. The van der Waals surface area contributed by atoms with Crippen LogP contribution in [0.3, 0.4) is 0 Å². The van der Waals surface area contributed by atoms with Gasteiger partial charge in [0.2, 0.25) is 0 Å². The van der Waals surface area contributed by atoms with Crippen LogP contribution in [0.1, 0.15) is 20.6 Å². The molecule has 1 heterocycles. The van der Waals surface area contributed by atoms with Crippen molar-refractivity contribution in [1.29, 1.82) is 0 Å². The van der Waals surface area contributed by atoms with Gasteiger partial charge in [0.1, 0.15) is 0 Å². The van der Waals surface area contributed by atoms with E-state index in [0.717, 1.165) is 5.75 Å². The van der Waals surface area contributed by atoms with Crippen molar-refractivity contribution in [3.05, 3.63) is 57.8 Å². The Hall–Kier alpha value is -0.770. The van der Waals surface area contributed by atoms with Gasteiger partial charge >= 0.3 is 0 Å². The number of thioether (sulfide) groups is 1. The van der Waals surface area contributed by atoms with Crippen LogP contribution in [-0.2, 0) is 5.75 Å². The highest BCUT2D eigenvalue weighted by Crippen LogP contribution is 2.34. The molecule has 0 aliphatic rings. The Bertz CT molecular complexity index is 450. The topological polar surface area (TPSA) is 26.0 Å². The molecule has 1 atom stereocenters. The van der Waals surface area contributed by atoms with Gasteiger partial charge in [-0.15, -0.1) is 23.1 Å². The van der Waals surface area contributed by atoms with Gasteiger partial charge in [-0.25, -0.2) is 0 Å². The second-order valence-electron chi connectivity index (χ2n) is 3.97. The molecule has 1 aromatic carbocycles. The summed E-state index contributed by atoms with van der Waals surface area (Å²) in [5.41, 5.74) is 7.23. The van der Waals surface area contributed by atoms with E-state index in [1.165, 1.54) is 15.3 Å². The summed E-state index contributed by atoms with van der Waals surface area (Å²) in [5, 5.41) is 0.425. The Morgan fingerprint density at radius 1 is 1.18 bits per heavy atom. The average Bonchev–Trinajstić information content (AvgIpc) is 2.78. The quantitative estimate of drug-likeness (QED) is 0.882. The van der Waals surface area contributed by atoms with Gasteiger partial charge in [-0.2, -0.15) is 0 Å². The van der Waals surface area contributed by atoms with Crippen molar-refractivity contribution >= 4 is 23.1 Å². The highest BCUT2D eigenvalue weighted by atomic mass is 32.2. The molecule has 90 valence electrons. The highest BCUT2D eigenvalue weighted by Gasteiger charge is 2.12. The van der Waals surface area contributed by atoms with Crippen molar-refractivity contribution in [2.45, 2.75) is 17.9 Å². The first kappa shape index (κ1) is 12.7. The lowest BCUT2D eigenvalue weighted by Crippen LogP contribution is -2.08. The molecule has 1 aromatic heterocycles. The predicted molar refractivity (Wildman–Crippen MR) is 78.6 cm³/mol. The van der Waals surface area contributed by atoms with E-state index in [4.69, 9.17) is 5.73 Å². The Morgan fingerprint density at radius 3 is 2.53 bits per heavy atom. The van der Waals surface area contributed by atoms with Gasteiger partial charge in [0.25, 0.3) is 0 Å². The molecule has 0 saturated carbocycles. The van der Waals surface area contributed by atoms with E-state index >= 15 is 0 Å². The van der Waals surface area contributed by atoms with Crippen molar-refractivity contribution in [2.75, 3.05) is 6.54 Å². The Balaban J connectivity index is 1.97. The molecule has 3 heteroatoms. The second kappa shape index (κ2) is 6.24. The van der Waals surface area contributed by atoms with Crippen LogP contribution in [-0.4, -0.2) is 6.54 Å². The van der Waals surface area contributed by atoms with Gasteiger partial charge in [-0.05, 0) is 24.6 Å². The zero-order valence-electron chi connectivity index (χ0n) is 9.93. The maximum atomic E-state index is 5.86. The standard InChI is InChI=1S/C14H17NS2/c1-11-7-8-13(17-11)14(9-15)16-10-12-5-3-2-4-6-12/h2-8,14H,9-10,15H2,1H3. The summed E-state index contributed by atoms with van der Waals surface area (Å²) in [4.78, 5) is 2.75. The van der Waals surface area contributed by atoms with Gasteiger partial charge < -0.3 is 5.73 Å². The van der Waals surface area contributed by atoms with Crippen LogP contribution in [0.4, 0.5) is 0 Å². The van der Waals surface area contributed by atoms with Crippen LogP contribution in [0.15, 0.2) is 42.5 Å². The number of hydrogen-bond acceptors (Lipinski definition) is 3. The molecule has 2 aromatic rings. The molecule has 1 nitrogen and oxygen atoms in total. The molecule has 2 rings (SSSR count). The molecule has 0 spiro atoms. The van der Waals surface area contributed by atoms with E-state index in [1.54, 1.807) is 0 Å². The second-order valence-corrected chi connectivity index (χ2v) is 6.48. The maximum absolute atomic E-state index is 5.86. The van der Waals surface area contributed by atoms with Gasteiger partial charge in [-0.3, -0.25) is 0 Å². The van der Waals surface area contributed by atoms with Gasteiger partial charge in [0, 0.05) is 22.1 Å². The SMILES string of the molecule is Cc1ccc(C(CN)SCc2ccccc2)s1. The van der Waals surface area contributed by atoms with Crippen LogP contribution in [0.5, 0.6) is 0 Å². The molecule has 2 N–H and O–H groups in total. The monoisotopic (exact) mass is 263 g/mol. The Kier molecular flexibility index (Phi) is 4.66. The summed E-state index contributed by atoms with van der Waals surface area (Å²) >= 11 is 3.78. The molecule has 0 bridgehead atoms. The van der Waals surface area contributed by atoms with Crippen LogP contribution < -0.4 is 5.73 Å². The van der Waals surface area contributed by atoms with E-state index in [9.17, 15) is 0 Å². The summed E-state index contributed by atoms with van der Waals surface area (Å²) in [6, 6.07) is 14.9. The molecule has 0 radical (unpaired) electrons. The lowest BCUT2D eigenvalue weighted by atomic mass is 10.2. The first-order chi connectivity index (χ1) is 8.29. The summed E-state index contributed by atoms with van der Waals surface area (Å²) in [7, 11) is 0. The fourth-order valence-corrected chi connectivity index (χ4v) is 3.85. The average molecular weight is 263 g/mol. The van der Waals surface area contributed by atoms with Gasteiger partial charge in [0.15, 0.2) is 0 Å². The highest BCUT2D eigenvalue weighted by molar-refractivity contribution is 7.98. The number of hydrogen-bond donors (Lipinski definition) is 1. The van der Waals surface area contributed by atoms with E-state index in [-0.39, 0.29) is 0 Å². The minimum absolute atomic E-state index is 0.425. The van der Waals surface area contributed by atoms with E-state index in [1.807, 2.05) is 23.1 Å². The smallest absolute Gasteiger partial charge is 0.0516 e. The molecule has 1 unspecified atom stereocenters. The molecule has 0 saturated heterocycles. The van der Waals surface area contributed by atoms with Crippen LogP contribution in [0.2, 0.25) is 0 Å². The number of nitrogens with two attached hydrogens (primary N) is 1. The Labute approximate surface area is 111 Å². The van der Waals surface area contributed by atoms with Gasteiger partial charge in [-0.1, -0.05) is 30.3 Å². The minimum Gasteiger partial charge on any atom is -0.329 e. The summed E-state index contributed by atoms with van der Waals surface area (Å²) < 4.78 is 0. The van der Waals surface area contributed by atoms with Crippen molar-refractivity contribution in [3.8, 4) is 0 Å². The van der Waals surface area contributed by atoms with Crippen molar-refractivity contribution in [1.82, 2.24) is 0 Å². The fourth-order valence-electron chi connectivity index (χ4n) is 1.66. The van der Waals surface area contributed by atoms with Crippen LogP contribution >= 0.6 is 23.1 Å². The third-order valence-corrected chi connectivity index (χ3v) is 5.20. The van der Waals surface area contributed by atoms with Crippen molar-refractivity contribution < 1.29 is 0 Å². The summed E-state index contributed by atoms with van der Waals surface area (Å²) in [6.07, 6.45) is 0. The van der Waals surface area contributed by atoms with Gasteiger partial charge in [0.05, 0.1) is 5.25 Å². The third-order valence-electron chi connectivity index (χ3n) is 2.59. The third kappa shape index (κ3) is 3.60. The normalized spacial score (nSPS) is 12.6. The number of benzene rings is 1. The Morgan fingerprint density at radius 2 is 1.94 bits per heavy atom. The van der Waals surface area contributed by atoms with Crippen molar-refractivity contribution in [3.63, 3.8) is 0 Å². The summed E-state index contributed by atoms with van der Waals surface area (Å²) in [6.45, 7) is 2.85. The number of aryl methyl sites for hydroxylation is 1. The van der Waals surface area contributed by atoms with Crippen molar-refractivity contribution in [2.24, 2.45) is 5.73 Å². The fraction of sp³-hybridized carbons (Fsp3) is 0.286. The first-order valence-corrected chi connectivity index (χ1v) is 7.58. The first-order valence-electron chi connectivity index (χ1n) is 5.71. The minimum atomic E-state index is 0.425. The van der Waals surface area contributed by atoms with E-state index in [0.29, 0.717) is 11.8 Å². The van der Waals surface area contributed by atoms with Crippen LogP contribution in [0, 0.1) is 6.92 Å². The summed E-state index contributed by atoms with van der Waals surface area (Å²) in [5.74, 6) is 1.03. The maximum Gasteiger partial charge on any atom is 0.0516 e. The molecular formula is C14H17NS2. The molecular weight excluding hydrogens is 246 g/mol. The molecule has 0 amide bonds. The predicted octanol–water partition coefficient (Wildman–Crippen LogP) is 3.99. The molecule has 17 heavy (non-hydrogen) atoms. The molecule has 0 aliphatic heterocycles. The van der Waals surface area contributed by atoms with Crippen LogP contribution in [0.25, 0.3) is 0 Å². The molecule has 0 fully saturated rings. The van der Waals surface area contributed by atoms with E-state index in [2.05, 4.69) is 49.4 Å². The lowest BCUT2D eigenvalue weighted by molar-refractivity contribution is 0.960. The largest absolute Gasteiger partial charge is 0.329 e. The zero-order chi connectivity index (χ0) is 12.1. The zero-order valence-corrected chi connectivity index (χ0v) is 11.6. The number of thiophene rings is 1. The lowest BCUT2D eigenvalue weighted by Gasteiger charge is -2.12. The van der Waals surface area contributed by atoms with E-state index < -0.39 is 0 Å².